The number of amides is 2. The van der Waals surface area contributed by atoms with E-state index in [0.29, 0.717) is 11.3 Å². The van der Waals surface area contributed by atoms with Gasteiger partial charge in [-0.05, 0) is 40.1 Å². The van der Waals surface area contributed by atoms with E-state index >= 15 is 0 Å². The Hall–Kier alpha value is -3.34. The number of ether oxygens (including phenoxy) is 1. The monoisotopic (exact) mass is 346 g/mol. The molecule has 2 amide bonds. The van der Waals surface area contributed by atoms with Crippen LogP contribution in [-0.2, 0) is 9.53 Å². The van der Waals surface area contributed by atoms with Gasteiger partial charge in [-0.1, -0.05) is 48.5 Å². The molecule has 3 aromatic rings. The summed E-state index contributed by atoms with van der Waals surface area (Å²) in [6.07, 6.45) is 0. The molecule has 3 aromatic carbocycles. The number of esters is 1. The fourth-order valence-electron chi connectivity index (χ4n) is 3.63. The highest BCUT2D eigenvalue weighted by molar-refractivity contribution is 6.10. The average Bonchev–Trinajstić information content (AvgIpc) is 2.66. The van der Waals surface area contributed by atoms with Crippen LogP contribution in [-0.4, -0.2) is 19.1 Å². The van der Waals surface area contributed by atoms with E-state index in [0.717, 1.165) is 27.1 Å². The molecule has 5 heteroatoms. The fourth-order valence-corrected chi connectivity index (χ4v) is 3.63. The minimum absolute atomic E-state index is 0.336. The SMILES string of the molecule is COC(=O)C1=C(C)NC(=O)N[C@H]1c1cc2ccccc2c2ccccc12. The number of carbonyl (C=O) groups excluding carboxylic acids is 2. The number of hydrogen-bond acceptors (Lipinski definition) is 3. The Kier molecular flexibility index (Phi) is 3.84. The minimum Gasteiger partial charge on any atom is -0.466 e. The van der Waals surface area contributed by atoms with Gasteiger partial charge in [0.25, 0.3) is 0 Å². The number of allylic oxidation sites excluding steroid dienone is 1. The summed E-state index contributed by atoms with van der Waals surface area (Å²) in [5.41, 5.74) is 1.78. The predicted octanol–water partition coefficient (Wildman–Crippen LogP) is 3.79. The van der Waals surface area contributed by atoms with E-state index in [2.05, 4.69) is 22.8 Å². The summed E-state index contributed by atoms with van der Waals surface area (Å²) in [6, 6.07) is 17.2. The quantitative estimate of drug-likeness (QED) is 0.548. The number of fused-ring (bicyclic) bond motifs is 3. The van der Waals surface area contributed by atoms with Gasteiger partial charge in [-0.3, -0.25) is 0 Å². The molecule has 1 aliphatic heterocycles. The van der Waals surface area contributed by atoms with E-state index in [9.17, 15) is 9.59 Å². The number of benzene rings is 3. The van der Waals surface area contributed by atoms with Crippen molar-refractivity contribution in [2.24, 2.45) is 0 Å². The van der Waals surface area contributed by atoms with Crippen molar-refractivity contribution in [3.05, 3.63) is 71.4 Å². The van der Waals surface area contributed by atoms with Crippen LogP contribution in [0.25, 0.3) is 21.5 Å². The highest BCUT2D eigenvalue weighted by Gasteiger charge is 2.33. The number of nitrogens with one attached hydrogen (secondary N) is 2. The van der Waals surface area contributed by atoms with Crippen LogP contribution in [0.4, 0.5) is 4.79 Å². The van der Waals surface area contributed by atoms with Gasteiger partial charge in [0, 0.05) is 5.70 Å². The lowest BCUT2D eigenvalue weighted by molar-refractivity contribution is -0.136. The zero-order valence-electron chi connectivity index (χ0n) is 14.5. The van der Waals surface area contributed by atoms with Crippen LogP contribution in [0.2, 0.25) is 0 Å². The van der Waals surface area contributed by atoms with Gasteiger partial charge in [-0.25, -0.2) is 9.59 Å². The maximum absolute atomic E-state index is 12.4. The third-order valence-corrected chi connectivity index (χ3v) is 4.79. The standard InChI is InChI=1S/C21H18N2O3/c1-12-18(20(24)26-2)19(23-21(25)22-12)17-11-13-7-3-4-8-14(13)15-9-5-6-10-16(15)17/h3-11,19H,1-2H3,(H2,22,23,25)/t19-/m0/s1. The number of rotatable bonds is 2. The summed E-state index contributed by atoms with van der Waals surface area (Å²) >= 11 is 0. The number of carbonyl (C=O) groups is 2. The van der Waals surface area contributed by atoms with Crippen LogP contribution in [0.1, 0.15) is 18.5 Å². The normalized spacial score (nSPS) is 17.2. The summed E-state index contributed by atoms with van der Waals surface area (Å²) < 4.78 is 4.96. The van der Waals surface area contributed by atoms with E-state index in [1.807, 2.05) is 42.5 Å². The second-order valence-electron chi connectivity index (χ2n) is 6.29. The van der Waals surface area contributed by atoms with Crippen LogP contribution < -0.4 is 10.6 Å². The molecule has 130 valence electrons. The summed E-state index contributed by atoms with van der Waals surface area (Å²) in [5, 5.41) is 9.79. The molecule has 1 aliphatic rings. The molecule has 2 N–H and O–H groups in total. The highest BCUT2D eigenvalue weighted by atomic mass is 16.5. The van der Waals surface area contributed by atoms with Gasteiger partial charge >= 0.3 is 12.0 Å². The van der Waals surface area contributed by atoms with Crippen LogP contribution >= 0.6 is 0 Å². The van der Waals surface area contributed by atoms with Crippen molar-refractivity contribution >= 4 is 33.5 Å². The highest BCUT2D eigenvalue weighted by Crippen LogP contribution is 2.36. The molecular formula is C21H18N2O3. The molecule has 0 saturated carbocycles. The third kappa shape index (κ3) is 2.49. The molecule has 0 spiro atoms. The zero-order valence-corrected chi connectivity index (χ0v) is 14.5. The molecule has 26 heavy (non-hydrogen) atoms. The van der Waals surface area contributed by atoms with Crippen molar-refractivity contribution in [1.29, 1.82) is 0 Å². The van der Waals surface area contributed by atoms with E-state index in [4.69, 9.17) is 4.74 Å². The molecule has 0 aliphatic carbocycles. The molecule has 0 unspecified atom stereocenters. The smallest absolute Gasteiger partial charge is 0.337 e. The topological polar surface area (TPSA) is 67.4 Å². The van der Waals surface area contributed by atoms with Crippen molar-refractivity contribution < 1.29 is 14.3 Å². The molecule has 0 fully saturated rings. The molecular weight excluding hydrogens is 328 g/mol. The molecule has 5 nitrogen and oxygen atoms in total. The van der Waals surface area contributed by atoms with Gasteiger partial charge in [0.2, 0.25) is 0 Å². The minimum atomic E-state index is -0.578. The predicted molar refractivity (Wildman–Crippen MR) is 101 cm³/mol. The first-order chi connectivity index (χ1) is 12.6. The summed E-state index contributed by atoms with van der Waals surface area (Å²) in [6.45, 7) is 1.71. The maximum atomic E-state index is 12.4. The van der Waals surface area contributed by atoms with Crippen LogP contribution in [0.3, 0.4) is 0 Å². The van der Waals surface area contributed by atoms with Gasteiger partial charge in [0.1, 0.15) is 0 Å². The maximum Gasteiger partial charge on any atom is 0.337 e. The number of urea groups is 1. The Balaban J connectivity index is 2.04. The first kappa shape index (κ1) is 16.1. The molecule has 0 saturated heterocycles. The summed E-state index contributed by atoms with van der Waals surface area (Å²) in [5.74, 6) is -0.461. The van der Waals surface area contributed by atoms with Crippen LogP contribution in [0.5, 0.6) is 0 Å². The molecule has 0 radical (unpaired) electrons. The van der Waals surface area contributed by atoms with Gasteiger partial charge in [0.15, 0.2) is 0 Å². The number of methoxy groups -OCH3 is 1. The Morgan fingerprint density at radius 3 is 2.38 bits per heavy atom. The van der Waals surface area contributed by atoms with E-state index < -0.39 is 12.0 Å². The van der Waals surface area contributed by atoms with Gasteiger partial charge < -0.3 is 15.4 Å². The van der Waals surface area contributed by atoms with Gasteiger partial charge in [-0.2, -0.15) is 0 Å². The Morgan fingerprint density at radius 2 is 1.65 bits per heavy atom. The lowest BCUT2D eigenvalue weighted by Crippen LogP contribution is -2.45. The molecule has 1 atom stereocenters. The van der Waals surface area contributed by atoms with Crippen molar-refractivity contribution in [1.82, 2.24) is 10.6 Å². The first-order valence-electron chi connectivity index (χ1n) is 8.37. The summed E-state index contributed by atoms with van der Waals surface area (Å²) in [7, 11) is 1.34. The van der Waals surface area contributed by atoms with Crippen molar-refractivity contribution in [2.45, 2.75) is 13.0 Å². The zero-order chi connectivity index (χ0) is 18.3. The molecule has 0 bridgehead atoms. The van der Waals surface area contributed by atoms with Gasteiger partial charge in [-0.15, -0.1) is 0 Å². The van der Waals surface area contributed by atoms with Gasteiger partial charge in [0.05, 0.1) is 18.7 Å². The third-order valence-electron chi connectivity index (χ3n) is 4.79. The van der Waals surface area contributed by atoms with E-state index in [-0.39, 0.29) is 6.03 Å². The van der Waals surface area contributed by atoms with Crippen molar-refractivity contribution in [2.75, 3.05) is 7.11 Å². The Morgan fingerprint density at radius 1 is 1.00 bits per heavy atom. The van der Waals surface area contributed by atoms with E-state index in [1.165, 1.54) is 7.11 Å². The first-order valence-corrected chi connectivity index (χ1v) is 8.37. The van der Waals surface area contributed by atoms with Crippen molar-refractivity contribution in [3.8, 4) is 0 Å². The van der Waals surface area contributed by atoms with Crippen LogP contribution in [0.15, 0.2) is 65.9 Å². The summed E-state index contributed by atoms with van der Waals surface area (Å²) in [4.78, 5) is 24.5. The Bertz CT molecular complexity index is 1090. The molecule has 0 aromatic heterocycles. The molecule has 1 heterocycles. The second kappa shape index (κ2) is 6.19. The average molecular weight is 346 g/mol. The number of hydrogen-bond donors (Lipinski definition) is 2. The largest absolute Gasteiger partial charge is 0.466 e. The van der Waals surface area contributed by atoms with Crippen LogP contribution in [0, 0.1) is 0 Å². The fraction of sp³-hybridized carbons (Fsp3) is 0.143. The Labute approximate surface area is 150 Å². The second-order valence-corrected chi connectivity index (χ2v) is 6.29. The van der Waals surface area contributed by atoms with Crippen molar-refractivity contribution in [3.63, 3.8) is 0 Å². The lowest BCUT2D eigenvalue weighted by atomic mass is 9.89. The molecule has 4 rings (SSSR count). The van der Waals surface area contributed by atoms with E-state index in [1.54, 1.807) is 6.92 Å². The lowest BCUT2D eigenvalue weighted by Gasteiger charge is -2.29.